The van der Waals surface area contributed by atoms with Crippen LogP contribution in [0.1, 0.15) is 56.3 Å². The van der Waals surface area contributed by atoms with Crippen molar-refractivity contribution in [1.82, 2.24) is 19.9 Å². The number of aromatic nitrogens is 4. The predicted octanol–water partition coefficient (Wildman–Crippen LogP) is 4.20. The molecule has 1 atom stereocenters. The minimum Gasteiger partial charge on any atom is -0.389 e. The first-order valence-electron chi connectivity index (χ1n) is 9.63. The summed E-state index contributed by atoms with van der Waals surface area (Å²) in [4.78, 5) is 16.7. The molecule has 1 unspecified atom stereocenters. The summed E-state index contributed by atoms with van der Waals surface area (Å²) >= 11 is 0. The maximum Gasteiger partial charge on any atom is 0.231 e. The number of aryl methyl sites for hydroxylation is 1. The van der Waals surface area contributed by atoms with Crippen LogP contribution in [0.4, 0.5) is 17.5 Å². The van der Waals surface area contributed by atoms with Gasteiger partial charge in [-0.2, -0.15) is 9.97 Å². The van der Waals surface area contributed by atoms with E-state index >= 15 is 0 Å². The summed E-state index contributed by atoms with van der Waals surface area (Å²) in [6.07, 6.45) is 7.32. The molecule has 0 spiro atoms. The summed E-state index contributed by atoms with van der Waals surface area (Å²) in [5.41, 5.74) is 4.32. The summed E-state index contributed by atoms with van der Waals surface area (Å²) in [5.74, 6) is 1.30. The van der Waals surface area contributed by atoms with Gasteiger partial charge in [-0.15, -0.1) is 0 Å². The van der Waals surface area contributed by atoms with Gasteiger partial charge in [-0.1, -0.05) is 31.4 Å². The average Bonchev–Trinajstić information content (AvgIpc) is 3.13. The lowest BCUT2D eigenvalue weighted by Gasteiger charge is -2.23. The Hall–Kier alpha value is -2.67. The van der Waals surface area contributed by atoms with Gasteiger partial charge in [0.25, 0.3) is 0 Å². The van der Waals surface area contributed by atoms with Crippen molar-refractivity contribution in [2.24, 2.45) is 0 Å². The molecule has 1 aliphatic carbocycles. The molecule has 27 heavy (non-hydrogen) atoms. The lowest BCUT2D eigenvalue weighted by Crippen LogP contribution is -2.23. The van der Waals surface area contributed by atoms with Crippen molar-refractivity contribution in [2.75, 3.05) is 10.6 Å². The zero-order chi connectivity index (χ0) is 18.8. The van der Waals surface area contributed by atoms with Gasteiger partial charge in [-0.25, -0.2) is 4.98 Å². The summed E-state index contributed by atoms with van der Waals surface area (Å²) in [6, 6.07) is 6.28. The fourth-order valence-corrected chi connectivity index (χ4v) is 3.64. The zero-order valence-corrected chi connectivity index (χ0v) is 15.8. The predicted molar refractivity (Wildman–Crippen MR) is 107 cm³/mol. The molecule has 0 bridgehead atoms. The maximum atomic E-state index is 9.75. The molecule has 7 heteroatoms. The molecule has 0 amide bonds. The average molecular weight is 366 g/mol. The third-order valence-electron chi connectivity index (χ3n) is 5.20. The van der Waals surface area contributed by atoms with E-state index in [9.17, 15) is 5.11 Å². The molecule has 2 heterocycles. The molecule has 142 valence electrons. The van der Waals surface area contributed by atoms with Gasteiger partial charge < -0.3 is 20.7 Å². The Labute approximate surface area is 158 Å². The standard InChI is InChI=1S/C20H26N6O/c1-12-10-14(13(2)27)8-9-16(12)24-20-25-18-17(21-11-22-18)19(26-20)23-15-6-4-3-5-7-15/h8-11,13,15,27H,3-7H2,1-2H3,(H3,21,22,23,24,25,26). The molecule has 0 radical (unpaired) electrons. The van der Waals surface area contributed by atoms with Crippen molar-refractivity contribution in [1.29, 1.82) is 0 Å². The fraction of sp³-hybridized carbons (Fsp3) is 0.450. The molecular formula is C20H26N6O. The highest BCUT2D eigenvalue weighted by Gasteiger charge is 2.17. The highest BCUT2D eigenvalue weighted by atomic mass is 16.3. The summed E-state index contributed by atoms with van der Waals surface area (Å²) in [5, 5.41) is 16.6. The Morgan fingerprint density at radius 1 is 1.19 bits per heavy atom. The Bertz CT molecular complexity index is 929. The van der Waals surface area contributed by atoms with Crippen LogP contribution in [0, 0.1) is 6.92 Å². The van der Waals surface area contributed by atoms with Gasteiger partial charge in [0.15, 0.2) is 11.5 Å². The van der Waals surface area contributed by atoms with Gasteiger partial charge in [0, 0.05) is 11.7 Å². The molecule has 4 rings (SSSR count). The van der Waals surface area contributed by atoms with Gasteiger partial charge in [-0.05, 0) is 43.9 Å². The number of fused-ring (bicyclic) bond motifs is 1. The smallest absolute Gasteiger partial charge is 0.231 e. The number of aromatic amines is 1. The van der Waals surface area contributed by atoms with Gasteiger partial charge in [0.1, 0.15) is 5.52 Å². The third kappa shape index (κ3) is 3.88. The molecular weight excluding hydrogens is 340 g/mol. The molecule has 0 aliphatic heterocycles. The van der Waals surface area contributed by atoms with E-state index in [1.54, 1.807) is 13.3 Å². The number of aliphatic hydroxyl groups excluding tert-OH is 1. The molecule has 1 aliphatic rings. The van der Waals surface area contributed by atoms with Crippen LogP contribution in [0.2, 0.25) is 0 Å². The molecule has 3 aromatic rings. The minimum atomic E-state index is -0.485. The van der Waals surface area contributed by atoms with Crippen LogP contribution in [-0.4, -0.2) is 31.1 Å². The number of hydrogen-bond acceptors (Lipinski definition) is 6. The molecule has 4 N–H and O–H groups in total. The number of nitrogens with one attached hydrogen (secondary N) is 3. The van der Waals surface area contributed by atoms with Crippen LogP contribution in [0.25, 0.3) is 11.2 Å². The highest BCUT2D eigenvalue weighted by molar-refractivity contribution is 5.84. The topological polar surface area (TPSA) is 98.7 Å². The number of aliphatic hydroxyl groups is 1. The summed E-state index contributed by atoms with van der Waals surface area (Å²) in [6.45, 7) is 3.77. The van der Waals surface area contributed by atoms with Gasteiger partial charge in [0.05, 0.1) is 12.4 Å². The Kier molecular flexibility index (Phi) is 4.94. The fourth-order valence-electron chi connectivity index (χ4n) is 3.64. The van der Waals surface area contributed by atoms with Crippen molar-refractivity contribution in [3.8, 4) is 0 Å². The van der Waals surface area contributed by atoms with Crippen LogP contribution >= 0.6 is 0 Å². The van der Waals surface area contributed by atoms with Crippen molar-refractivity contribution >= 4 is 28.6 Å². The van der Waals surface area contributed by atoms with Crippen LogP contribution < -0.4 is 10.6 Å². The molecule has 2 aromatic heterocycles. The van der Waals surface area contributed by atoms with Crippen molar-refractivity contribution < 1.29 is 5.11 Å². The number of anilines is 3. The largest absolute Gasteiger partial charge is 0.389 e. The Morgan fingerprint density at radius 3 is 2.74 bits per heavy atom. The first-order chi connectivity index (χ1) is 13.1. The number of imidazole rings is 1. The van der Waals surface area contributed by atoms with E-state index in [0.29, 0.717) is 17.6 Å². The van der Waals surface area contributed by atoms with Crippen LogP contribution in [-0.2, 0) is 0 Å². The van der Waals surface area contributed by atoms with E-state index in [-0.39, 0.29) is 0 Å². The SMILES string of the molecule is Cc1cc(C(C)O)ccc1Nc1nc(NC2CCCCC2)c2nc[nH]c2n1. The molecule has 1 aromatic carbocycles. The van der Waals surface area contributed by atoms with Crippen LogP contribution in [0.3, 0.4) is 0 Å². The van der Waals surface area contributed by atoms with E-state index in [1.807, 2.05) is 25.1 Å². The maximum absolute atomic E-state index is 9.75. The van der Waals surface area contributed by atoms with Crippen molar-refractivity contribution in [2.45, 2.75) is 58.1 Å². The van der Waals surface area contributed by atoms with Crippen molar-refractivity contribution in [3.63, 3.8) is 0 Å². The highest BCUT2D eigenvalue weighted by Crippen LogP contribution is 2.27. The number of H-pyrrole nitrogens is 1. The van der Waals surface area contributed by atoms with Crippen LogP contribution in [0.5, 0.6) is 0 Å². The first-order valence-corrected chi connectivity index (χ1v) is 9.63. The second kappa shape index (κ2) is 7.52. The lowest BCUT2D eigenvalue weighted by molar-refractivity contribution is 0.199. The van der Waals surface area contributed by atoms with Gasteiger partial charge >= 0.3 is 0 Å². The minimum absolute atomic E-state index is 0.438. The van der Waals surface area contributed by atoms with Gasteiger partial charge in [-0.3, -0.25) is 0 Å². The second-order valence-corrected chi connectivity index (χ2v) is 7.35. The van der Waals surface area contributed by atoms with E-state index in [2.05, 4.69) is 25.6 Å². The molecule has 7 nitrogen and oxygen atoms in total. The van der Waals surface area contributed by atoms with Crippen molar-refractivity contribution in [3.05, 3.63) is 35.7 Å². The first kappa shape index (κ1) is 17.7. The molecule has 1 saturated carbocycles. The summed E-state index contributed by atoms with van der Waals surface area (Å²) < 4.78 is 0. The second-order valence-electron chi connectivity index (χ2n) is 7.35. The monoisotopic (exact) mass is 366 g/mol. The third-order valence-corrected chi connectivity index (χ3v) is 5.20. The number of nitrogens with zero attached hydrogens (tertiary/aromatic N) is 3. The van der Waals surface area contributed by atoms with E-state index in [1.165, 1.54) is 32.1 Å². The number of hydrogen-bond donors (Lipinski definition) is 4. The normalized spacial score (nSPS) is 16.4. The Balaban J connectivity index is 1.62. The molecule has 1 fully saturated rings. The lowest BCUT2D eigenvalue weighted by atomic mass is 9.95. The number of benzene rings is 1. The Morgan fingerprint density at radius 2 is 2.00 bits per heavy atom. The van der Waals surface area contributed by atoms with E-state index in [4.69, 9.17) is 4.98 Å². The zero-order valence-electron chi connectivity index (χ0n) is 15.8. The van der Waals surface area contributed by atoms with E-state index < -0.39 is 6.10 Å². The van der Waals surface area contributed by atoms with E-state index in [0.717, 1.165) is 28.1 Å². The summed E-state index contributed by atoms with van der Waals surface area (Å²) in [7, 11) is 0. The quantitative estimate of drug-likeness (QED) is 0.540. The van der Waals surface area contributed by atoms with Gasteiger partial charge in [0.2, 0.25) is 5.95 Å². The molecule has 0 saturated heterocycles. The number of rotatable bonds is 5. The van der Waals surface area contributed by atoms with Crippen LogP contribution in [0.15, 0.2) is 24.5 Å².